The first kappa shape index (κ1) is 21.4. The largest absolute Gasteiger partial charge is 0.497 e. The molecule has 2 aromatic heterocycles. The Morgan fingerprint density at radius 2 is 1.65 bits per heavy atom. The molecule has 0 saturated carbocycles. The number of aromatic amines is 1. The van der Waals surface area contributed by atoms with Gasteiger partial charge in [0, 0.05) is 28.2 Å². The van der Waals surface area contributed by atoms with Crippen molar-refractivity contribution in [2.24, 2.45) is 0 Å². The maximum atomic E-state index is 5.91. The van der Waals surface area contributed by atoms with Crippen molar-refractivity contribution >= 4 is 27.0 Å². The summed E-state index contributed by atoms with van der Waals surface area (Å²) in [6, 6.07) is 18.5. The lowest BCUT2D eigenvalue weighted by Gasteiger charge is -2.11. The van der Waals surface area contributed by atoms with E-state index in [4.69, 9.17) is 9.47 Å². The van der Waals surface area contributed by atoms with Gasteiger partial charge in [-0.25, -0.2) is 4.98 Å². The fourth-order valence-corrected chi connectivity index (χ4v) is 3.94. The Balaban J connectivity index is 1.69. The van der Waals surface area contributed by atoms with Gasteiger partial charge in [-0.05, 0) is 90.0 Å². The van der Waals surface area contributed by atoms with Gasteiger partial charge < -0.3 is 19.4 Å². The molecule has 0 radical (unpaired) electrons. The summed E-state index contributed by atoms with van der Waals surface area (Å²) < 4.78 is 12.2. The van der Waals surface area contributed by atoms with Crippen LogP contribution in [-0.2, 0) is 0 Å². The van der Waals surface area contributed by atoms with Crippen LogP contribution in [0.4, 0.5) is 0 Å². The summed E-state index contributed by atoms with van der Waals surface area (Å²) >= 11 is 3.56. The number of methoxy groups -OCH3 is 1. The Hall–Kier alpha value is -2.83. The molecular formula is C25H26BrN3O2. The highest BCUT2D eigenvalue weighted by atomic mass is 79.9. The second kappa shape index (κ2) is 9.54. The molecule has 1 N–H and O–H groups in total. The third kappa shape index (κ3) is 4.92. The third-order valence-electron chi connectivity index (χ3n) is 5.16. The lowest BCUT2D eigenvalue weighted by atomic mass is 9.99. The second-order valence-corrected chi connectivity index (χ2v) is 8.60. The summed E-state index contributed by atoms with van der Waals surface area (Å²) in [5.74, 6) is 1.71. The number of halogens is 1. The van der Waals surface area contributed by atoms with Gasteiger partial charge in [0.05, 0.1) is 19.4 Å². The van der Waals surface area contributed by atoms with E-state index in [2.05, 4.69) is 75.2 Å². The molecule has 4 rings (SSSR count). The van der Waals surface area contributed by atoms with Gasteiger partial charge in [0.25, 0.3) is 0 Å². The number of pyridine rings is 1. The zero-order chi connectivity index (χ0) is 21.8. The van der Waals surface area contributed by atoms with Crippen LogP contribution in [0.5, 0.6) is 11.5 Å². The number of nitrogens with one attached hydrogen (secondary N) is 1. The molecule has 160 valence electrons. The fraction of sp³-hybridized carbons (Fsp3) is 0.240. The average Bonchev–Trinajstić information content (AvgIpc) is 3.15. The monoisotopic (exact) mass is 479 g/mol. The molecule has 6 heteroatoms. The van der Waals surface area contributed by atoms with Crippen LogP contribution in [0.2, 0.25) is 0 Å². The maximum Gasteiger partial charge on any atom is 0.138 e. The van der Waals surface area contributed by atoms with E-state index in [1.807, 2.05) is 30.5 Å². The Kier molecular flexibility index (Phi) is 6.59. The van der Waals surface area contributed by atoms with Crippen molar-refractivity contribution in [3.63, 3.8) is 0 Å². The smallest absolute Gasteiger partial charge is 0.138 e. The van der Waals surface area contributed by atoms with Crippen molar-refractivity contribution in [3.05, 3.63) is 65.3 Å². The van der Waals surface area contributed by atoms with Crippen LogP contribution in [0.3, 0.4) is 0 Å². The van der Waals surface area contributed by atoms with Gasteiger partial charge in [0.15, 0.2) is 0 Å². The van der Waals surface area contributed by atoms with Gasteiger partial charge in [-0.1, -0.05) is 12.1 Å². The molecule has 0 aliphatic rings. The topological polar surface area (TPSA) is 50.4 Å². The normalized spacial score (nSPS) is 11.3. The minimum Gasteiger partial charge on any atom is -0.497 e. The number of ether oxygens (including phenoxy) is 2. The zero-order valence-corrected chi connectivity index (χ0v) is 19.6. The van der Waals surface area contributed by atoms with Crippen LogP contribution >= 0.6 is 15.9 Å². The van der Waals surface area contributed by atoms with Crippen LogP contribution in [-0.4, -0.2) is 49.2 Å². The zero-order valence-electron chi connectivity index (χ0n) is 18.0. The number of aromatic nitrogens is 2. The molecule has 0 aliphatic heterocycles. The van der Waals surface area contributed by atoms with Crippen LogP contribution in [0.15, 0.2) is 65.3 Å². The summed E-state index contributed by atoms with van der Waals surface area (Å²) in [6.45, 7) is 1.72. The predicted molar refractivity (Wildman–Crippen MR) is 130 cm³/mol. The first-order valence-corrected chi connectivity index (χ1v) is 11.0. The standard InChI is InChI=1S/C25H26BrN3O2/c1-29(2)13-4-14-31-21-11-5-17(6-12-21)23-22-15-19(26)16-27-25(22)28-24(23)18-7-9-20(30-3)10-8-18/h5-12,15-16H,4,13-14H2,1-3H3,(H,27,28). The Labute approximate surface area is 191 Å². The average molecular weight is 480 g/mol. The number of rotatable bonds is 8. The molecule has 0 spiro atoms. The molecule has 0 saturated heterocycles. The number of hydrogen-bond acceptors (Lipinski definition) is 4. The summed E-state index contributed by atoms with van der Waals surface area (Å²) in [6.07, 6.45) is 2.81. The van der Waals surface area contributed by atoms with Gasteiger partial charge in [0.1, 0.15) is 17.1 Å². The van der Waals surface area contributed by atoms with Crippen LogP contribution in [0.1, 0.15) is 6.42 Å². The number of nitrogens with zero attached hydrogens (tertiary/aromatic N) is 2. The highest BCUT2D eigenvalue weighted by Crippen LogP contribution is 2.39. The minimum absolute atomic E-state index is 0.707. The Morgan fingerprint density at radius 3 is 2.32 bits per heavy atom. The Bertz CT molecular complexity index is 1150. The summed E-state index contributed by atoms with van der Waals surface area (Å²) in [5, 5.41) is 1.07. The van der Waals surface area contributed by atoms with E-state index in [9.17, 15) is 0 Å². The number of benzene rings is 2. The number of hydrogen-bond donors (Lipinski definition) is 1. The number of fused-ring (bicyclic) bond motifs is 1. The third-order valence-corrected chi connectivity index (χ3v) is 5.59. The summed E-state index contributed by atoms with van der Waals surface area (Å²) in [4.78, 5) is 10.2. The maximum absolute atomic E-state index is 5.91. The Morgan fingerprint density at radius 1 is 0.968 bits per heavy atom. The van der Waals surface area contributed by atoms with Crippen LogP contribution in [0.25, 0.3) is 33.4 Å². The first-order chi connectivity index (χ1) is 15.0. The van der Waals surface area contributed by atoms with Crippen LogP contribution in [0, 0.1) is 0 Å². The van der Waals surface area contributed by atoms with Gasteiger partial charge in [0.2, 0.25) is 0 Å². The van der Waals surface area contributed by atoms with E-state index in [0.29, 0.717) is 6.61 Å². The van der Waals surface area contributed by atoms with Gasteiger partial charge in [-0.15, -0.1) is 0 Å². The van der Waals surface area contributed by atoms with Gasteiger partial charge in [-0.2, -0.15) is 0 Å². The van der Waals surface area contributed by atoms with Gasteiger partial charge >= 0.3 is 0 Å². The quantitative estimate of drug-likeness (QED) is 0.315. The first-order valence-electron chi connectivity index (χ1n) is 10.2. The van der Waals surface area contributed by atoms with E-state index in [1.165, 1.54) is 0 Å². The van der Waals surface area contributed by atoms with Crippen molar-refractivity contribution in [1.29, 1.82) is 0 Å². The van der Waals surface area contributed by atoms with Crippen molar-refractivity contribution < 1.29 is 9.47 Å². The lowest BCUT2D eigenvalue weighted by Crippen LogP contribution is -2.15. The molecule has 5 nitrogen and oxygen atoms in total. The molecule has 0 atom stereocenters. The van der Waals surface area contributed by atoms with E-state index in [1.54, 1.807) is 7.11 Å². The molecule has 0 unspecified atom stereocenters. The molecular weight excluding hydrogens is 454 g/mol. The molecule has 4 aromatic rings. The van der Waals surface area contributed by atoms with E-state index < -0.39 is 0 Å². The highest BCUT2D eigenvalue weighted by Gasteiger charge is 2.16. The van der Waals surface area contributed by atoms with Crippen molar-refractivity contribution in [2.75, 3.05) is 34.4 Å². The lowest BCUT2D eigenvalue weighted by molar-refractivity contribution is 0.281. The highest BCUT2D eigenvalue weighted by molar-refractivity contribution is 9.10. The SMILES string of the molecule is COc1ccc(-c2[nH]c3ncc(Br)cc3c2-c2ccc(OCCCN(C)C)cc2)cc1. The van der Waals surface area contributed by atoms with Crippen molar-refractivity contribution in [3.8, 4) is 33.9 Å². The summed E-state index contributed by atoms with van der Waals surface area (Å²) in [5.41, 5.74) is 5.19. The van der Waals surface area contributed by atoms with Gasteiger partial charge in [-0.3, -0.25) is 0 Å². The van der Waals surface area contributed by atoms with Crippen molar-refractivity contribution in [1.82, 2.24) is 14.9 Å². The van der Waals surface area contributed by atoms with E-state index in [-0.39, 0.29) is 0 Å². The van der Waals surface area contributed by atoms with E-state index in [0.717, 1.165) is 62.4 Å². The number of H-pyrrole nitrogens is 1. The molecule has 2 heterocycles. The van der Waals surface area contributed by atoms with Crippen LogP contribution < -0.4 is 9.47 Å². The molecule has 0 amide bonds. The minimum atomic E-state index is 0.707. The molecule has 0 aliphatic carbocycles. The molecule has 31 heavy (non-hydrogen) atoms. The summed E-state index contributed by atoms with van der Waals surface area (Å²) in [7, 11) is 5.82. The molecule has 0 bridgehead atoms. The van der Waals surface area contributed by atoms with Crippen molar-refractivity contribution in [2.45, 2.75) is 6.42 Å². The van der Waals surface area contributed by atoms with E-state index >= 15 is 0 Å². The molecule has 2 aromatic carbocycles. The fourth-order valence-electron chi connectivity index (χ4n) is 3.61. The molecule has 0 fully saturated rings. The predicted octanol–water partition coefficient (Wildman–Crippen LogP) is 6.00. The second-order valence-electron chi connectivity index (χ2n) is 7.68.